The van der Waals surface area contributed by atoms with E-state index in [1.165, 1.54) is 16.4 Å². The summed E-state index contributed by atoms with van der Waals surface area (Å²) < 4.78 is 31.6. The second kappa shape index (κ2) is 6.58. The van der Waals surface area contributed by atoms with E-state index < -0.39 is 26.8 Å². The van der Waals surface area contributed by atoms with Gasteiger partial charge in [0.1, 0.15) is 5.69 Å². The second-order valence-electron chi connectivity index (χ2n) is 5.86. The van der Waals surface area contributed by atoms with Crippen molar-refractivity contribution < 1.29 is 28.0 Å². The van der Waals surface area contributed by atoms with Crippen molar-refractivity contribution in [2.75, 3.05) is 44.3 Å². The summed E-state index contributed by atoms with van der Waals surface area (Å²) in [6, 6.07) is 3.72. The summed E-state index contributed by atoms with van der Waals surface area (Å²) in [7, 11) is -3.84. The zero-order chi connectivity index (χ0) is 18.2. The number of morpholine rings is 1. The van der Waals surface area contributed by atoms with Crippen LogP contribution in [-0.4, -0.2) is 68.1 Å². The van der Waals surface area contributed by atoms with Gasteiger partial charge >= 0.3 is 5.97 Å². The first kappa shape index (κ1) is 17.6. The molecule has 0 atom stereocenters. The number of nitro groups is 1. The fourth-order valence-electron chi connectivity index (χ4n) is 2.84. The van der Waals surface area contributed by atoms with Gasteiger partial charge in [0.25, 0.3) is 5.69 Å². The minimum atomic E-state index is -3.84. The lowest BCUT2D eigenvalue weighted by Gasteiger charge is -2.38. The van der Waals surface area contributed by atoms with E-state index in [0.717, 1.165) is 6.07 Å². The summed E-state index contributed by atoms with van der Waals surface area (Å²) in [5.74, 6) is -1.53. The molecule has 0 aliphatic carbocycles. The van der Waals surface area contributed by atoms with E-state index >= 15 is 0 Å². The molecule has 11 heteroatoms. The van der Waals surface area contributed by atoms with Crippen LogP contribution in [0.15, 0.2) is 23.1 Å². The normalized spacial score (nSPS) is 19.4. The van der Waals surface area contributed by atoms with Crippen LogP contribution < -0.4 is 4.90 Å². The number of benzene rings is 1. The van der Waals surface area contributed by atoms with Crippen LogP contribution in [0.2, 0.25) is 0 Å². The average Bonchev–Trinajstić information content (AvgIpc) is 2.54. The molecule has 3 rings (SSSR count). The number of nitro benzene ring substituents is 1. The third-order valence-corrected chi connectivity index (χ3v) is 6.22. The van der Waals surface area contributed by atoms with E-state index in [0.29, 0.717) is 0 Å². The molecule has 0 aromatic heterocycles. The molecule has 0 unspecified atom stereocenters. The van der Waals surface area contributed by atoms with Gasteiger partial charge in [0.15, 0.2) is 0 Å². The highest BCUT2D eigenvalue weighted by Gasteiger charge is 2.37. The summed E-state index contributed by atoms with van der Waals surface area (Å²) in [4.78, 5) is 23.0. The molecule has 136 valence electrons. The number of hydrogen-bond acceptors (Lipinski definition) is 7. The number of sulfonamides is 1. The molecule has 1 aromatic rings. The van der Waals surface area contributed by atoms with E-state index in [4.69, 9.17) is 9.84 Å². The zero-order valence-electron chi connectivity index (χ0n) is 13.2. The van der Waals surface area contributed by atoms with E-state index in [1.54, 1.807) is 4.90 Å². The van der Waals surface area contributed by atoms with Crippen LogP contribution in [0.4, 0.5) is 11.4 Å². The largest absolute Gasteiger partial charge is 0.481 e. The first-order chi connectivity index (χ1) is 11.8. The van der Waals surface area contributed by atoms with Crippen LogP contribution in [-0.2, 0) is 19.6 Å². The topological polar surface area (TPSA) is 130 Å². The lowest BCUT2D eigenvalue weighted by atomic mass is 9.99. The molecular formula is C14H17N3O7S. The molecule has 2 aliphatic rings. The predicted molar refractivity (Wildman–Crippen MR) is 86.0 cm³/mol. The maximum absolute atomic E-state index is 12.6. The van der Waals surface area contributed by atoms with Crippen molar-refractivity contribution in [2.24, 2.45) is 5.92 Å². The van der Waals surface area contributed by atoms with Gasteiger partial charge in [-0.25, -0.2) is 8.42 Å². The molecular weight excluding hydrogens is 354 g/mol. The number of hydrogen-bond donors (Lipinski definition) is 1. The molecule has 10 nitrogen and oxygen atoms in total. The summed E-state index contributed by atoms with van der Waals surface area (Å²) in [5, 5.41) is 20.3. The Kier molecular flexibility index (Phi) is 4.62. The molecule has 0 amide bonds. The zero-order valence-corrected chi connectivity index (χ0v) is 14.0. The minimum Gasteiger partial charge on any atom is -0.481 e. The molecule has 0 radical (unpaired) electrons. The number of carboxylic acids is 1. The van der Waals surface area contributed by atoms with Crippen molar-refractivity contribution in [1.82, 2.24) is 4.31 Å². The van der Waals surface area contributed by atoms with Crippen LogP contribution in [0.25, 0.3) is 0 Å². The molecule has 25 heavy (non-hydrogen) atoms. The van der Waals surface area contributed by atoms with E-state index in [2.05, 4.69) is 0 Å². The number of nitrogens with zero attached hydrogens (tertiary/aromatic N) is 3. The van der Waals surface area contributed by atoms with E-state index in [1.807, 2.05) is 0 Å². The van der Waals surface area contributed by atoms with Gasteiger partial charge in [-0.1, -0.05) is 0 Å². The van der Waals surface area contributed by atoms with Crippen LogP contribution in [0.5, 0.6) is 0 Å². The quantitative estimate of drug-likeness (QED) is 0.571. The number of carboxylic acid groups (broad SMARTS) is 1. The fourth-order valence-corrected chi connectivity index (χ4v) is 4.27. The smallest absolute Gasteiger partial charge is 0.310 e. The van der Waals surface area contributed by atoms with Crippen molar-refractivity contribution in [2.45, 2.75) is 4.90 Å². The Labute approximate surface area is 143 Å². The van der Waals surface area contributed by atoms with Gasteiger partial charge < -0.3 is 14.7 Å². The van der Waals surface area contributed by atoms with Gasteiger partial charge in [-0.2, -0.15) is 4.31 Å². The van der Waals surface area contributed by atoms with Crippen LogP contribution in [0.1, 0.15) is 0 Å². The maximum Gasteiger partial charge on any atom is 0.310 e. The molecule has 0 bridgehead atoms. The first-order valence-electron chi connectivity index (χ1n) is 7.65. The van der Waals surface area contributed by atoms with Gasteiger partial charge in [0.05, 0.1) is 29.0 Å². The van der Waals surface area contributed by atoms with Crippen molar-refractivity contribution in [3.63, 3.8) is 0 Å². The highest BCUT2D eigenvalue weighted by Crippen LogP contribution is 2.35. The molecule has 2 saturated heterocycles. The van der Waals surface area contributed by atoms with E-state index in [-0.39, 0.29) is 55.7 Å². The van der Waals surface area contributed by atoms with Crippen molar-refractivity contribution in [3.8, 4) is 0 Å². The van der Waals surface area contributed by atoms with Crippen LogP contribution in [0.3, 0.4) is 0 Å². The third-order valence-electron chi connectivity index (χ3n) is 4.32. The Morgan fingerprint density at radius 3 is 2.48 bits per heavy atom. The SMILES string of the molecule is O=C(O)C1CN(c2ccc(S(=O)(=O)N3CCOCC3)cc2[N+](=O)[O-])C1. The summed E-state index contributed by atoms with van der Waals surface area (Å²) in [5.41, 5.74) is -0.124. The van der Waals surface area contributed by atoms with Crippen molar-refractivity contribution in [1.29, 1.82) is 0 Å². The number of carbonyl (C=O) groups is 1. The van der Waals surface area contributed by atoms with Gasteiger partial charge in [-0.3, -0.25) is 14.9 Å². The molecule has 2 fully saturated rings. The van der Waals surface area contributed by atoms with Gasteiger partial charge in [-0.15, -0.1) is 0 Å². The number of anilines is 1. The molecule has 0 spiro atoms. The molecule has 1 aromatic carbocycles. The van der Waals surface area contributed by atoms with Gasteiger partial charge in [0, 0.05) is 32.2 Å². The summed E-state index contributed by atoms with van der Waals surface area (Å²) in [6.45, 7) is 1.28. The number of rotatable bonds is 5. The molecule has 2 heterocycles. The average molecular weight is 371 g/mol. The maximum atomic E-state index is 12.6. The molecule has 1 N–H and O–H groups in total. The Balaban J connectivity index is 1.89. The Morgan fingerprint density at radius 2 is 1.92 bits per heavy atom. The summed E-state index contributed by atoms with van der Waals surface area (Å²) in [6.07, 6.45) is 0. The Bertz CT molecular complexity index is 799. The Hall–Kier alpha value is -2.24. The van der Waals surface area contributed by atoms with Crippen molar-refractivity contribution >= 4 is 27.4 Å². The number of ether oxygens (including phenoxy) is 1. The van der Waals surface area contributed by atoms with Crippen LogP contribution in [0, 0.1) is 16.0 Å². The Morgan fingerprint density at radius 1 is 1.28 bits per heavy atom. The van der Waals surface area contributed by atoms with Crippen molar-refractivity contribution in [3.05, 3.63) is 28.3 Å². The second-order valence-corrected chi connectivity index (χ2v) is 7.80. The predicted octanol–water partition coefficient (Wildman–Crippen LogP) is 0.137. The van der Waals surface area contributed by atoms with E-state index in [9.17, 15) is 23.3 Å². The monoisotopic (exact) mass is 371 g/mol. The standard InChI is InChI=1S/C14H17N3O7S/c18-14(19)10-8-15(9-10)12-2-1-11(7-13(12)17(20)21)25(22,23)16-3-5-24-6-4-16/h1-2,7,10H,3-6,8-9H2,(H,18,19). The first-order valence-corrected chi connectivity index (χ1v) is 9.09. The highest BCUT2D eigenvalue weighted by molar-refractivity contribution is 7.89. The fraction of sp³-hybridized carbons (Fsp3) is 0.500. The van der Waals surface area contributed by atoms with Gasteiger partial charge in [-0.05, 0) is 12.1 Å². The minimum absolute atomic E-state index is 0.153. The lowest BCUT2D eigenvalue weighted by molar-refractivity contribution is -0.384. The molecule has 0 saturated carbocycles. The number of aliphatic carboxylic acids is 1. The van der Waals surface area contributed by atoms with Crippen LogP contribution >= 0.6 is 0 Å². The summed E-state index contributed by atoms with van der Waals surface area (Å²) >= 11 is 0. The third kappa shape index (κ3) is 3.30. The molecule has 2 aliphatic heterocycles. The highest BCUT2D eigenvalue weighted by atomic mass is 32.2. The lowest BCUT2D eigenvalue weighted by Crippen LogP contribution is -2.50. The van der Waals surface area contributed by atoms with Gasteiger partial charge in [0.2, 0.25) is 10.0 Å².